The quantitative estimate of drug-likeness (QED) is 0.694. The van der Waals surface area contributed by atoms with E-state index in [1.54, 1.807) is 32.0 Å². The summed E-state index contributed by atoms with van der Waals surface area (Å²) in [5, 5.41) is 5.65. The number of pyridine rings is 1. The normalized spacial score (nSPS) is 11.5. The zero-order chi connectivity index (χ0) is 21.7. The summed E-state index contributed by atoms with van der Waals surface area (Å²) in [5.41, 5.74) is 1.60. The van der Waals surface area contributed by atoms with Crippen molar-refractivity contribution in [2.24, 2.45) is 0 Å². The molecule has 0 saturated heterocycles. The van der Waals surface area contributed by atoms with E-state index in [4.69, 9.17) is 16.3 Å². The lowest BCUT2D eigenvalue weighted by Gasteiger charge is -2.16. The lowest BCUT2D eigenvalue weighted by Crippen LogP contribution is -2.34. The molecule has 1 aromatic carbocycles. The maximum Gasteiger partial charge on any atom is 0.341 e. The molecule has 1 aromatic heterocycles. The summed E-state index contributed by atoms with van der Waals surface area (Å²) in [7, 11) is 1.23. The van der Waals surface area contributed by atoms with Gasteiger partial charge in [0.15, 0.2) is 0 Å². The van der Waals surface area contributed by atoms with Gasteiger partial charge in [0, 0.05) is 11.7 Å². The molecular weight excluding hydrogens is 394 g/mol. The molecule has 0 radical (unpaired) electrons. The van der Waals surface area contributed by atoms with Gasteiger partial charge in [-0.1, -0.05) is 24.6 Å². The molecule has 8 heteroatoms. The Balaban J connectivity index is 2.46. The van der Waals surface area contributed by atoms with Crippen LogP contribution >= 0.6 is 11.6 Å². The van der Waals surface area contributed by atoms with Gasteiger partial charge in [0.05, 0.1) is 23.4 Å². The second kappa shape index (κ2) is 9.52. The Morgan fingerprint density at radius 3 is 2.45 bits per heavy atom. The van der Waals surface area contributed by atoms with Crippen molar-refractivity contribution in [3.63, 3.8) is 0 Å². The van der Waals surface area contributed by atoms with E-state index in [1.165, 1.54) is 13.2 Å². The zero-order valence-corrected chi connectivity index (χ0v) is 17.8. The Kier molecular flexibility index (Phi) is 7.34. The molecule has 1 unspecified atom stereocenters. The third kappa shape index (κ3) is 5.12. The van der Waals surface area contributed by atoms with E-state index < -0.39 is 17.8 Å². The van der Waals surface area contributed by atoms with Gasteiger partial charge in [0.2, 0.25) is 0 Å². The Morgan fingerprint density at radius 1 is 1.14 bits per heavy atom. The summed E-state index contributed by atoms with van der Waals surface area (Å²) in [4.78, 5) is 42.1. The summed E-state index contributed by atoms with van der Waals surface area (Å²) in [6, 6.07) is 6.33. The minimum atomic E-state index is -0.675. The molecule has 1 atom stereocenters. The number of hydrogen-bond acceptors (Lipinski definition) is 5. The number of rotatable bonds is 6. The lowest BCUT2D eigenvalue weighted by atomic mass is 10.1. The highest BCUT2D eigenvalue weighted by atomic mass is 35.5. The van der Waals surface area contributed by atoms with Crippen LogP contribution in [0, 0.1) is 13.8 Å². The highest BCUT2D eigenvalue weighted by Gasteiger charge is 2.24. The van der Waals surface area contributed by atoms with Crippen LogP contribution in [0.4, 0.5) is 5.69 Å². The number of aromatic nitrogens is 1. The largest absolute Gasteiger partial charge is 0.465 e. The predicted octanol–water partition coefficient (Wildman–Crippen LogP) is 3.92. The maximum atomic E-state index is 13.0. The van der Waals surface area contributed by atoms with Crippen LogP contribution in [0.25, 0.3) is 0 Å². The average molecular weight is 418 g/mol. The third-order valence-electron chi connectivity index (χ3n) is 4.47. The van der Waals surface area contributed by atoms with Crippen LogP contribution in [-0.2, 0) is 4.74 Å². The lowest BCUT2D eigenvalue weighted by molar-refractivity contribution is 0.0602. The molecule has 2 aromatic rings. The predicted molar refractivity (Wildman–Crippen MR) is 112 cm³/mol. The first-order valence-corrected chi connectivity index (χ1v) is 9.54. The van der Waals surface area contributed by atoms with Crippen LogP contribution < -0.4 is 10.6 Å². The molecule has 0 fully saturated rings. The number of amides is 2. The Morgan fingerprint density at radius 2 is 1.83 bits per heavy atom. The van der Waals surface area contributed by atoms with Gasteiger partial charge < -0.3 is 15.4 Å². The number of esters is 1. The van der Waals surface area contributed by atoms with Crippen molar-refractivity contribution in [3.8, 4) is 0 Å². The molecular formula is C21H24ClN3O4. The number of ether oxygens (including phenoxy) is 1. The first-order chi connectivity index (χ1) is 13.7. The SMILES string of the molecule is CCC(C)NC(=O)c1nc(C)ccc1C(=O)Nc1c(C)ccc(Cl)c1C(=O)OC. The number of hydrogen-bond donors (Lipinski definition) is 2. The van der Waals surface area contributed by atoms with Gasteiger partial charge in [-0.05, 0) is 51.0 Å². The van der Waals surface area contributed by atoms with E-state index in [2.05, 4.69) is 15.6 Å². The van der Waals surface area contributed by atoms with Gasteiger partial charge in [0.1, 0.15) is 11.3 Å². The number of methoxy groups -OCH3 is 1. The zero-order valence-electron chi connectivity index (χ0n) is 17.1. The summed E-state index contributed by atoms with van der Waals surface area (Å²) < 4.78 is 4.78. The monoisotopic (exact) mass is 417 g/mol. The first kappa shape index (κ1) is 22.4. The number of benzene rings is 1. The molecule has 0 bridgehead atoms. The van der Waals surface area contributed by atoms with E-state index in [0.29, 0.717) is 11.3 Å². The van der Waals surface area contributed by atoms with Crippen LogP contribution in [0.1, 0.15) is 62.7 Å². The van der Waals surface area contributed by atoms with Gasteiger partial charge in [0.25, 0.3) is 11.8 Å². The molecule has 0 aliphatic heterocycles. The van der Waals surface area contributed by atoms with E-state index in [9.17, 15) is 14.4 Å². The molecule has 2 amide bonds. The van der Waals surface area contributed by atoms with E-state index >= 15 is 0 Å². The molecule has 2 rings (SSSR count). The fraction of sp³-hybridized carbons (Fsp3) is 0.333. The summed E-state index contributed by atoms with van der Waals surface area (Å²) in [5.74, 6) is -1.70. The van der Waals surface area contributed by atoms with E-state index in [0.717, 1.165) is 6.42 Å². The van der Waals surface area contributed by atoms with Crippen LogP contribution in [0.15, 0.2) is 24.3 Å². The number of carbonyl (C=O) groups is 3. The topological polar surface area (TPSA) is 97.4 Å². The molecule has 29 heavy (non-hydrogen) atoms. The standard InChI is InChI=1S/C21H24ClN3O4/c1-6-12(3)24-20(27)18-14(9-8-13(4)23-18)19(26)25-17-11(2)7-10-15(22)16(17)21(28)29-5/h7-10,12H,6H2,1-5H3,(H,24,27)(H,25,26). The maximum absolute atomic E-state index is 13.0. The number of halogens is 1. The molecule has 0 aliphatic carbocycles. The van der Waals surface area contributed by atoms with Gasteiger partial charge >= 0.3 is 5.97 Å². The second-order valence-electron chi connectivity index (χ2n) is 6.69. The molecule has 1 heterocycles. The number of aryl methyl sites for hydroxylation is 2. The van der Waals surface area contributed by atoms with E-state index in [-0.39, 0.29) is 33.6 Å². The summed E-state index contributed by atoms with van der Waals surface area (Å²) in [6.07, 6.45) is 0.739. The fourth-order valence-electron chi connectivity index (χ4n) is 2.63. The highest BCUT2D eigenvalue weighted by Crippen LogP contribution is 2.29. The van der Waals surface area contributed by atoms with Gasteiger partial charge in [-0.15, -0.1) is 0 Å². The smallest absolute Gasteiger partial charge is 0.341 e. The number of carbonyl (C=O) groups excluding carboxylic acids is 3. The minimum absolute atomic E-state index is 0.0158. The van der Waals surface area contributed by atoms with Crippen molar-refractivity contribution in [3.05, 3.63) is 57.4 Å². The van der Waals surface area contributed by atoms with Crippen LogP contribution in [-0.4, -0.2) is 35.9 Å². The first-order valence-electron chi connectivity index (χ1n) is 9.16. The van der Waals surface area contributed by atoms with Crippen molar-refractivity contribution in [2.75, 3.05) is 12.4 Å². The average Bonchev–Trinajstić information content (AvgIpc) is 2.69. The van der Waals surface area contributed by atoms with Crippen molar-refractivity contribution in [1.82, 2.24) is 10.3 Å². The number of nitrogens with zero attached hydrogens (tertiary/aromatic N) is 1. The Bertz CT molecular complexity index is 959. The van der Waals surface area contributed by atoms with Gasteiger partial charge in [-0.3, -0.25) is 9.59 Å². The Hall–Kier alpha value is -2.93. The number of nitrogens with one attached hydrogen (secondary N) is 2. The molecule has 0 aliphatic rings. The van der Waals surface area contributed by atoms with Crippen LogP contribution in [0.3, 0.4) is 0 Å². The molecule has 0 saturated carbocycles. The molecule has 0 spiro atoms. The van der Waals surface area contributed by atoms with Gasteiger partial charge in [-0.2, -0.15) is 0 Å². The molecule has 2 N–H and O–H groups in total. The summed E-state index contributed by atoms with van der Waals surface area (Å²) in [6.45, 7) is 7.27. The van der Waals surface area contributed by atoms with Crippen LogP contribution in [0.5, 0.6) is 0 Å². The van der Waals surface area contributed by atoms with Crippen molar-refractivity contribution >= 4 is 35.1 Å². The fourth-order valence-corrected chi connectivity index (χ4v) is 2.87. The second-order valence-corrected chi connectivity index (χ2v) is 7.10. The van der Waals surface area contributed by atoms with Crippen molar-refractivity contribution in [1.29, 1.82) is 0 Å². The highest BCUT2D eigenvalue weighted by molar-refractivity contribution is 6.34. The van der Waals surface area contributed by atoms with E-state index in [1.807, 2.05) is 13.8 Å². The van der Waals surface area contributed by atoms with Crippen molar-refractivity contribution in [2.45, 2.75) is 40.2 Å². The summed E-state index contributed by atoms with van der Waals surface area (Å²) >= 11 is 6.15. The third-order valence-corrected chi connectivity index (χ3v) is 4.79. The minimum Gasteiger partial charge on any atom is -0.465 e. The number of anilines is 1. The van der Waals surface area contributed by atoms with Crippen molar-refractivity contribution < 1.29 is 19.1 Å². The molecule has 7 nitrogen and oxygen atoms in total. The molecule has 154 valence electrons. The Labute approximate surface area is 174 Å². The van der Waals surface area contributed by atoms with Gasteiger partial charge in [-0.25, -0.2) is 9.78 Å². The van der Waals surface area contributed by atoms with Crippen LogP contribution in [0.2, 0.25) is 5.02 Å².